The molecule has 0 spiro atoms. The summed E-state index contributed by atoms with van der Waals surface area (Å²) in [5, 5.41) is 0. The van der Waals surface area contributed by atoms with Crippen LogP contribution in [0.1, 0.15) is 27.7 Å². The van der Waals surface area contributed by atoms with Gasteiger partial charge in [-0.05, 0) is 12.3 Å². The SMILES string of the molecule is CCN=C(N)C(OC)C(C)(C)C. The lowest BCUT2D eigenvalue weighted by molar-refractivity contribution is 0.0673. The van der Waals surface area contributed by atoms with E-state index < -0.39 is 0 Å². The number of nitrogens with zero attached hydrogens (tertiary/aromatic N) is 1. The van der Waals surface area contributed by atoms with Crippen molar-refractivity contribution in [2.24, 2.45) is 16.1 Å². The zero-order chi connectivity index (χ0) is 9.78. The molecule has 3 heteroatoms. The molecule has 0 aliphatic rings. The monoisotopic (exact) mass is 172 g/mol. The fraction of sp³-hybridized carbons (Fsp3) is 0.889. The van der Waals surface area contributed by atoms with Crippen molar-refractivity contribution in [2.75, 3.05) is 13.7 Å². The summed E-state index contributed by atoms with van der Waals surface area (Å²) >= 11 is 0. The Balaban J connectivity index is 4.46. The number of ether oxygens (including phenoxy) is 1. The summed E-state index contributed by atoms with van der Waals surface area (Å²) in [4.78, 5) is 4.13. The fourth-order valence-corrected chi connectivity index (χ4v) is 1.18. The molecule has 3 nitrogen and oxygen atoms in total. The van der Waals surface area contributed by atoms with E-state index in [4.69, 9.17) is 10.5 Å². The van der Waals surface area contributed by atoms with Crippen LogP contribution in [0.15, 0.2) is 4.99 Å². The van der Waals surface area contributed by atoms with Crippen LogP contribution in [0.4, 0.5) is 0 Å². The van der Waals surface area contributed by atoms with Gasteiger partial charge in [0.1, 0.15) is 11.9 Å². The van der Waals surface area contributed by atoms with Gasteiger partial charge in [0.15, 0.2) is 0 Å². The van der Waals surface area contributed by atoms with E-state index in [-0.39, 0.29) is 11.5 Å². The molecule has 0 aliphatic heterocycles. The van der Waals surface area contributed by atoms with Gasteiger partial charge in [-0.3, -0.25) is 4.99 Å². The molecule has 1 atom stereocenters. The summed E-state index contributed by atoms with van der Waals surface area (Å²) in [5.41, 5.74) is 5.76. The molecule has 0 aromatic carbocycles. The van der Waals surface area contributed by atoms with Gasteiger partial charge in [0.25, 0.3) is 0 Å². The van der Waals surface area contributed by atoms with Crippen molar-refractivity contribution in [2.45, 2.75) is 33.8 Å². The van der Waals surface area contributed by atoms with Crippen LogP contribution >= 0.6 is 0 Å². The number of methoxy groups -OCH3 is 1. The number of hydrogen-bond donors (Lipinski definition) is 1. The van der Waals surface area contributed by atoms with Gasteiger partial charge in [-0.1, -0.05) is 20.8 Å². The van der Waals surface area contributed by atoms with Crippen LogP contribution in [0.3, 0.4) is 0 Å². The highest BCUT2D eigenvalue weighted by molar-refractivity contribution is 5.85. The topological polar surface area (TPSA) is 47.6 Å². The summed E-state index contributed by atoms with van der Waals surface area (Å²) in [6.07, 6.45) is -0.0857. The molecule has 0 aromatic heterocycles. The summed E-state index contributed by atoms with van der Waals surface area (Å²) in [6.45, 7) is 8.92. The number of amidine groups is 1. The molecule has 0 saturated heterocycles. The molecule has 0 aliphatic carbocycles. The van der Waals surface area contributed by atoms with Crippen LogP contribution in [0.25, 0.3) is 0 Å². The van der Waals surface area contributed by atoms with Gasteiger partial charge < -0.3 is 10.5 Å². The predicted molar refractivity (Wildman–Crippen MR) is 52.4 cm³/mol. The summed E-state index contributed by atoms with van der Waals surface area (Å²) in [7, 11) is 1.66. The minimum absolute atomic E-state index is 0.0114. The predicted octanol–water partition coefficient (Wildman–Crippen LogP) is 1.42. The van der Waals surface area contributed by atoms with Gasteiger partial charge in [-0.2, -0.15) is 0 Å². The lowest BCUT2D eigenvalue weighted by atomic mass is 9.88. The second-order valence-electron chi connectivity index (χ2n) is 3.88. The molecule has 0 radical (unpaired) electrons. The average Bonchev–Trinajstić information content (AvgIpc) is 1.85. The molecule has 0 aromatic rings. The van der Waals surface area contributed by atoms with Gasteiger partial charge in [-0.15, -0.1) is 0 Å². The number of aliphatic imine (C=N–C) groups is 1. The first kappa shape index (κ1) is 11.4. The Bertz CT molecular complexity index is 158. The van der Waals surface area contributed by atoms with Crippen molar-refractivity contribution in [3.63, 3.8) is 0 Å². The lowest BCUT2D eigenvalue weighted by Crippen LogP contribution is -2.41. The number of hydrogen-bond acceptors (Lipinski definition) is 2. The highest BCUT2D eigenvalue weighted by Crippen LogP contribution is 2.21. The molecule has 0 fully saturated rings. The molecule has 12 heavy (non-hydrogen) atoms. The maximum absolute atomic E-state index is 5.75. The molecule has 72 valence electrons. The third-order valence-corrected chi connectivity index (χ3v) is 1.63. The number of rotatable bonds is 3. The van der Waals surface area contributed by atoms with Crippen LogP contribution in [-0.2, 0) is 4.74 Å². The Morgan fingerprint density at radius 1 is 1.50 bits per heavy atom. The van der Waals surface area contributed by atoms with E-state index >= 15 is 0 Å². The standard InChI is InChI=1S/C9H20N2O/c1-6-11-8(10)7(12-5)9(2,3)4/h7H,6H2,1-5H3,(H2,10,11). The fourth-order valence-electron chi connectivity index (χ4n) is 1.18. The van der Waals surface area contributed by atoms with Crippen molar-refractivity contribution in [1.29, 1.82) is 0 Å². The zero-order valence-electron chi connectivity index (χ0n) is 8.72. The Morgan fingerprint density at radius 3 is 2.25 bits per heavy atom. The van der Waals surface area contributed by atoms with Crippen molar-refractivity contribution >= 4 is 5.84 Å². The van der Waals surface area contributed by atoms with E-state index in [1.807, 2.05) is 6.92 Å². The van der Waals surface area contributed by atoms with Gasteiger partial charge in [0.05, 0.1) is 0 Å². The third kappa shape index (κ3) is 3.22. The first-order chi connectivity index (χ1) is 5.43. The van der Waals surface area contributed by atoms with E-state index in [2.05, 4.69) is 25.8 Å². The van der Waals surface area contributed by atoms with Crippen molar-refractivity contribution in [3.05, 3.63) is 0 Å². The van der Waals surface area contributed by atoms with Gasteiger partial charge in [-0.25, -0.2) is 0 Å². The quantitative estimate of drug-likeness (QED) is 0.517. The summed E-state index contributed by atoms with van der Waals surface area (Å²) in [6, 6.07) is 0. The number of nitrogens with two attached hydrogens (primary N) is 1. The van der Waals surface area contributed by atoms with Gasteiger partial charge >= 0.3 is 0 Å². The van der Waals surface area contributed by atoms with E-state index in [0.717, 1.165) is 0 Å². The molecule has 0 bridgehead atoms. The Hall–Kier alpha value is -0.570. The lowest BCUT2D eigenvalue weighted by Gasteiger charge is -2.28. The van der Waals surface area contributed by atoms with Crippen LogP contribution in [0.2, 0.25) is 0 Å². The molecule has 1 unspecified atom stereocenters. The second kappa shape index (κ2) is 4.45. The average molecular weight is 172 g/mol. The molecule has 0 saturated carbocycles. The van der Waals surface area contributed by atoms with Crippen LogP contribution in [0, 0.1) is 5.41 Å². The first-order valence-corrected chi connectivity index (χ1v) is 4.26. The summed E-state index contributed by atoms with van der Waals surface area (Å²) < 4.78 is 5.27. The normalized spacial score (nSPS) is 16.2. The smallest absolute Gasteiger partial charge is 0.124 e. The van der Waals surface area contributed by atoms with Gasteiger partial charge in [0, 0.05) is 13.7 Å². The Kier molecular flexibility index (Phi) is 4.24. The van der Waals surface area contributed by atoms with E-state index in [1.54, 1.807) is 7.11 Å². The zero-order valence-corrected chi connectivity index (χ0v) is 8.72. The molecular weight excluding hydrogens is 152 g/mol. The van der Waals surface area contributed by atoms with Crippen LogP contribution < -0.4 is 5.73 Å². The maximum atomic E-state index is 5.75. The van der Waals surface area contributed by atoms with Crippen LogP contribution in [0.5, 0.6) is 0 Å². The Labute approximate surface area is 75.0 Å². The minimum Gasteiger partial charge on any atom is -0.385 e. The molecule has 0 rings (SSSR count). The highest BCUT2D eigenvalue weighted by Gasteiger charge is 2.27. The van der Waals surface area contributed by atoms with E-state index in [0.29, 0.717) is 12.4 Å². The van der Waals surface area contributed by atoms with E-state index in [1.165, 1.54) is 0 Å². The van der Waals surface area contributed by atoms with Crippen LogP contribution in [-0.4, -0.2) is 25.6 Å². The van der Waals surface area contributed by atoms with Crippen molar-refractivity contribution in [1.82, 2.24) is 0 Å². The maximum Gasteiger partial charge on any atom is 0.124 e. The van der Waals surface area contributed by atoms with Crippen molar-refractivity contribution in [3.8, 4) is 0 Å². The third-order valence-electron chi connectivity index (χ3n) is 1.63. The first-order valence-electron chi connectivity index (χ1n) is 4.26. The minimum atomic E-state index is -0.0857. The molecule has 2 N–H and O–H groups in total. The summed E-state index contributed by atoms with van der Waals surface area (Å²) in [5.74, 6) is 0.590. The Morgan fingerprint density at radius 2 is 2.00 bits per heavy atom. The second-order valence-corrected chi connectivity index (χ2v) is 3.88. The largest absolute Gasteiger partial charge is 0.385 e. The molecular formula is C9H20N2O. The highest BCUT2D eigenvalue weighted by atomic mass is 16.5. The van der Waals surface area contributed by atoms with E-state index in [9.17, 15) is 0 Å². The van der Waals surface area contributed by atoms with Crippen molar-refractivity contribution < 1.29 is 4.74 Å². The molecule has 0 amide bonds. The molecule has 0 heterocycles. The van der Waals surface area contributed by atoms with Gasteiger partial charge in [0.2, 0.25) is 0 Å².